The van der Waals surface area contributed by atoms with Crippen LogP contribution in [-0.4, -0.2) is 18.4 Å². The number of rotatable bonds is 5. The van der Waals surface area contributed by atoms with Crippen molar-refractivity contribution >= 4 is 5.78 Å². The molecule has 0 atom stereocenters. The molecule has 0 spiro atoms. The smallest absolute Gasteiger partial charge is 0.146 e. The van der Waals surface area contributed by atoms with Gasteiger partial charge >= 0.3 is 0 Å². The standard InChI is InChI=1S/C11H23NO/c1-9(2)12-8-10(13)6-7-11(3,4)5/h9,12H,6-8H2,1-5H3. The van der Waals surface area contributed by atoms with Gasteiger partial charge in [-0.3, -0.25) is 4.79 Å². The molecule has 0 amide bonds. The van der Waals surface area contributed by atoms with Gasteiger partial charge in [-0.25, -0.2) is 0 Å². The second kappa shape index (κ2) is 5.38. The first kappa shape index (κ1) is 12.6. The van der Waals surface area contributed by atoms with E-state index in [2.05, 4.69) is 39.9 Å². The van der Waals surface area contributed by atoms with Crippen LogP contribution in [0.1, 0.15) is 47.5 Å². The molecule has 0 heterocycles. The molecule has 0 aromatic carbocycles. The molecule has 0 fully saturated rings. The zero-order valence-electron chi connectivity index (χ0n) is 9.61. The quantitative estimate of drug-likeness (QED) is 0.712. The van der Waals surface area contributed by atoms with E-state index in [4.69, 9.17) is 0 Å². The summed E-state index contributed by atoms with van der Waals surface area (Å²) in [5.41, 5.74) is 0.271. The highest BCUT2D eigenvalue weighted by molar-refractivity contribution is 5.80. The van der Waals surface area contributed by atoms with E-state index in [1.165, 1.54) is 0 Å². The van der Waals surface area contributed by atoms with Gasteiger partial charge in [-0.05, 0) is 11.8 Å². The van der Waals surface area contributed by atoms with Crippen molar-refractivity contribution in [1.29, 1.82) is 0 Å². The van der Waals surface area contributed by atoms with Crippen LogP contribution in [0.15, 0.2) is 0 Å². The largest absolute Gasteiger partial charge is 0.308 e. The summed E-state index contributed by atoms with van der Waals surface area (Å²) in [6, 6.07) is 0.401. The first-order chi connectivity index (χ1) is 5.81. The zero-order valence-corrected chi connectivity index (χ0v) is 9.61. The van der Waals surface area contributed by atoms with Gasteiger partial charge in [0.1, 0.15) is 5.78 Å². The molecule has 13 heavy (non-hydrogen) atoms. The first-order valence-corrected chi connectivity index (χ1v) is 5.06. The molecule has 2 nitrogen and oxygen atoms in total. The van der Waals surface area contributed by atoms with Gasteiger partial charge in [0.15, 0.2) is 0 Å². The molecule has 0 rings (SSSR count). The van der Waals surface area contributed by atoms with Crippen molar-refractivity contribution in [1.82, 2.24) is 5.32 Å². The molecular weight excluding hydrogens is 162 g/mol. The molecule has 0 saturated heterocycles. The van der Waals surface area contributed by atoms with Crippen molar-refractivity contribution in [2.75, 3.05) is 6.54 Å². The van der Waals surface area contributed by atoms with E-state index in [0.717, 1.165) is 6.42 Å². The summed E-state index contributed by atoms with van der Waals surface area (Å²) >= 11 is 0. The molecule has 0 aromatic rings. The fraction of sp³-hybridized carbons (Fsp3) is 0.909. The fourth-order valence-corrected chi connectivity index (χ4v) is 0.921. The summed E-state index contributed by atoms with van der Waals surface area (Å²) in [5.74, 6) is 0.323. The Hall–Kier alpha value is -0.370. The lowest BCUT2D eigenvalue weighted by atomic mass is 9.89. The van der Waals surface area contributed by atoms with Crippen LogP contribution in [-0.2, 0) is 4.79 Å². The van der Waals surface area contributed by atoms with Crippen LogP contribution < -0.4 is 5.32 Å². The van der Waals surface area contributed by atoms with E-state index in [9.17, 15) is 4.79 Å². The molecule has 0 aliphatic carbocycles. The molecular formula is C11H23NO. The van der Waals surface area contributed by atoms with Crippen LogP contribution in [0.4, 0.5) is 0 Å². The molecule has 2 heteroatoms. The monoisotopic (exact) mass is 185 g/mol. The van der Waals surface area contributed by atoms with Crippen molar-refractivity contribution in [3.63, 3.8) is 0 Å². The minimum Gasteiger partial charge on any atom is -0.308 e. The maximum atomic E-state index is 11.3. The van der Waals surface area contributed by atoms with Crippen molar-refractivity contribution in [3.05, 3.63) is 0 Å². The molecule has 0 aromatic heterocycles. The number of hydrogen-bond donors (Lipinski definition) is 1. The van der Waals surface area contributed by atoms with Gasteiger partial charge in [0.05, 0.1) is 6.54 Å². The van der Waals surface area contributed by atoms with Gasteiger partial charge in [0, 0.05) is 12.5 Å². The Morgan fingerprint density at radius 1 is 1.31 bits per heavy atom. The van der Waals surface area contributed by atoms with Crippen LogP contribution in [0, 0.1) is 5.41 Å². The molecule has 0 saturated carbocycles. The van der Waals surface area contributed by atoms with Crippen molar-refractivity contribution in [3.8, 4) is 0 Å². The fourth-order valence-electron chi connectivity index (χ4n) is 0.921. The molecule has 0 aliphatic rings. The Morgan fingerprint density at radius 2 is 1.85 bits per heavy atom. The molecule has 78 valence electrons. The molecule has 0 bridgehead atoms. The van der Waals surface area contributed by atoms with E-state index in [1.807, 2.05) is 0 Å². The Balaban J connectivity index is 3.53. The van der Waals surface area contributed by atoms with E-state index < -0.39 is 0 Å². The number of carbonyl (C=O) groups excluding carboxylic acids is 1. The minimum atomic E-state index is 0.271. The highest BCUT2D eigenvalue weighted by Crippen LogP contribution is 2.20. The van der Waals surface area contributed by atoms with Crippen LogP contribution >= 0.6 is 0 Å². The maximum Gasteiger partial charge on any atom is 0.146 e. The number of hydrogen-bond acceptors (Lipinski definition) is 2. The SMILES string of the molecule is CC(C)NCC(=O)CCC(C)(C)C. The topological polar surface area (TPSA) is 29.1 Å². The molecule has 0 unspecified atom stereocenters. The predicted octanol–water partition coefficient (Wildman–Crippen LogP) is 2.38. The average Bonchev–Trinajstić information content (AvgIpc) is 1.95. The number of carbonyl (C=O) groups is 1. The first-order valence-electron chi connectivity index (χ1n) is 5.06. The van der Waals surface area contributed by atoms with Crippen molar-refractivity contribution in [2.45, 2.75) is 53.5 Å². The Morgan fingerprint density at radius 3 is 2.23 bits per heavy atom. The number of nitrogens with one attached hydrogen (secondary N) is 1. The Kier molecular flexibility index (Phi) is 5.23. The van der Waals surface area contributed by atoms with Gasteiger partial charge in [0.2, 0.25) is 0 Å². The summed E-state index contributed by atoms with van der Waals surface area (Å²) in [5, 5.41) is 3.13. The molecule has 0 aliphatic heterocycles. The van der Waals surface area contributed by atoms with Gasteiger partial charge in [-0.15, -0.1) is 0 Å². The lowest BCUT2D eigenvalue weighted by Crippen LogP contribution is -2.29. The van der Waals surface area contributed by atoms with E-state index in [1.54, 1.807) is 0 Å². The van der Waals surface area contributed by atoms with E-state index in [-0.39, 0.29) is 5.41 Å². The second-order valence-electron chi connectivity index (χ2n) is 5.13. The maximum absolute atomic E-state index is 11.3. The third-order valence-electron chi connectivity index (χ3n) is 1.86. The highest BCUT2D eigenvalue weighted by atomic mass is 16.1. The highest BCUT2D eigenvalue weighted by Gasteiger charge is 2.12. The van der Waals surface area contributed by atoms with Gasteiger partial charge in [0.25, 0.3) is 0 Å². The summed E-state index contributed by atoms with van der Waals surface area (Å²) in [7, 11) is 0. The van der Waals surface area contributed by atoms with Gasteiger partial charge in [-0.1, -0.05) is 34.6 Å². The lowest BCUT2D eigenvalue weighted by molar-refractivity contribution is -0.118. The van der Waals surface area contributed by atoms with Gasteiger partial charge < -0.3 is 5.32 Å². The van der Waals surface area contributed by atoms with E-state index in [0.29, 0.717) is 24.8 Å². The van der Waals surface area contributed by atoms with Crippen molar-refractivity contribution in [2.24, 2.45) is 5.41 Å². The van der Waals surface area contributed by atoms with Crippen LogP contribution in [0.25, 0.3) is 0 Å². The summed E-state index contributed by atoms with van der Waals surface area (Å²) in [4.78, 5) is 11.3. The number of Topliss-reactive ketones (excluding diaryl/α,β-unsaturated/α-hetero) is 1. The second-order valence-corrected chi connectivity index (χ2v) is 5.13. The third kappa shape index (κ3) is 9.54. The zero-order chi connectivity index (χ0) is 10.5. The lowest BCUT2D eigenvalue weighted by Gasteiger charge is -2.17. The predicted molar refractivity (Wildman–Crippen MR) is 56.8 cm³/mol. The summed E-state index contributed by atoms with van der Waals surface area (Å²) in [6.45, 7) is 11.1. The van der Waals surface area contributed by atoms with Crippen molar-refractivity contribution < 1.29 is 4.79 Å². The number of ketones is 1. The summed E-state index contributed by atoms with van der Waals surface area (Å²) < 4.78 is 0. The Labute approximate surface area is 82.1 Å². The van der Waals surface area contributed by atoms with Gasteiger partial charge in [-0.2, -0.15) is 0 Å². The molecule has 0 radical (unpaired) electrons. The van der Waals surface area contributed by atoms with Crippen LogP contribution in [0.2, 0.25) is 0 Å². The normalized spacial score (nSPS) is 12.2. The van der Waals surface area contributed by atoms with E-state index >= 15 is 0 Å². The minimum absolute atomic E-state index is 0.271. The third-order valence-corrected chi connectivity index (χ3v) is 1.86. The molecule has 1 N–H and O–H groups in total. The average molecular weight is 185 g/mol. The van der Waals surface area contributed by atoms with Crippen LogP contribution in [0.3, 0.4) is 0 Å². The summed E-state index contributed by atoms with van der Waals surface area (Å²) in [6.07, 6.45) is 1.68. The van der Waals surface area contributed by atoms with Crippen LogP contribution in [0.5, 0.6) is 0 Å². The Bertz CT molecular complexity index is 156.